The third-order valence-corrected chi connectivity index (χ3v) is 6.33. The van der Waals surface area contributed by atoms with E-state index in [4.69, 9.17) is 0 Å². The van der Waals surface area contributed by atoms with Crippen LogP contribution < -0.4 is 10.6 Å². The van der Waals surface area contributed by atoms with Crippen LogP contribution in [0, 0.1) is 17.8 Å². The fourth-order valence-electron chi connectivity index (χ4n) is 5.19. The second kappa shape index (κ2) is 10.8. The van der Waals surface area contributed by atoms with E-state index in [0.29, 0.717) is 17.9 Å². The molecule has 3 rings (SSSR count). The van der Waals surface area contributed by atoms with E-state index in [-0.39, 0.29) is 30.9 Å². The first kappa shape index (κ1) is 22.0. The highest BCUT2D eigenvalue weighted by Crippen LogP contribution is 2.43. The number of carbonyl (C=O) groups is 1. The van der Waals surface area contributed by atoms with Crippen molar-refractivity contribution in [3.8, 4) is 0 Å². The van der Waals surface area contributed by atoms with Crippen molar-refractivity contribution in [2.75, 3.05) is 13.1 Å². The Morgan fingerprint density at radius 1 is 0.917 bits per heavy atom. The van der Waals surface area contributed by atoms with Crippen LogP contribution in [-0.2, 0) is 4.79 Å². The summed E-state index contributed by atoms with van der Waals surface area (Å²) in [6.07, 6.45) is 12.4. The Morgan fingerprint density at radius 2 is 1.50 bits per heavy atom. The van der Waals surface area contributed by atoms with E-state index in [1.54, 1.807) is 0 Å². The molecule has 2 aliphatic carbocycles. The smallest absolute Gasteiger partial charge is 0.321 e. The van der Waals surface area contributed by atoms with E-state index < -0.39 is 5.97 Å². The van der Waals surface area contributed by atoms with Gasteiger partial charge >= 0.3 is 5.97 Å². The minimum Gasteiger partial charge on any atom is -0.480 e. The second-order valence-corrected chi connectivity index (χ2v) is 7.66. The molecule has 2 unspecified atom stereocenters. The lowest BCUT2D eigenvalue weighted by molar-refractivity contribution is -0.142. The summed E-state index contributed by atoms with van der Waals surface area (Å²) in [7, 11) is 0. The summed E-state index contributed by atoms with van der Waals surface area (Å²) in [6, 6.07) is 0.0579. The van der Waals surface area contributed by atoms with Gasteiger partial charge in [0.1, 0.15) is 6.04 Å². The van der Waals surface area contributed by atoms with Crippen molar-refractivity contribution in [1.82, 2.24) is 10.6 Å². The van der Waals surface area contributed by atoms with Crippen molar-refractivity contribution >= 4 is 30.8 Å². The fraction of sp³-hybridized carbons (Fsp3) is 0.944. The van der Waals surface area contributed by atoms with Crippen molar-refractivity contribution in [2.24, 2.45) is 17.8 Å². The summed E-state index contributed by atoms with van der Waals surface area (Å²) in [4.78, 5) is 12.0. The fourth-order valence-corrected chi connectivity index (χ4v) is 5.19. The summed E-state index contributed by atoms with van der Waals surface area (Å²) in [5, 5.41) is 16.7. The van der Waals surface area contributed by atoms with Gasteiger partial charge < -0.3 is 15.7 Å². The van der Waals surface area contributed by atoms with Gasteiger partial charge in [-0.2, -0.15) is 0 Å². The highest BCUT2D eigenvalue weighted by Gasteiger charge is 2.40. The molecule has 1 aliphatic heterocycles. The molecule has 0 aromatic carbocycles. The number of nitrogens with one attached hydrogen (secondary N) is 2. The maximum atomic E-state index is 12.0. The first-order valence-electron chi connectivity index (χ1n) is 9.45. The highest BCUT2D eigenvalue weighted by atomic mass is 35.5. The van der Waals surface area contributed by atoms with Crippen LogP contribution in [0.4, 0.5) is 0 Å². The van der Waals surface area contributed by atoms with Gasteiger partial charge in [-0.1, -0.05) is 38.5 Å². The van der Waals surface area contributed by atoms with E-state index in [0.717, 1.165) is 38.3 Å². The molecule has 3 fully saturated rings. The molecule has 0 amide bonds. The van der Waals surface area contributed by atoms with Crippen LogP contribution in [0.3, 0.4) is 0 Å². The van der Waals surface area contributed by atoms with Crippen LogP contribution in [0.2, 0.25) is 0 Å². The largest absolute Gasteiger partial charge is 0.480 e. The van der Waals surface area contributed by atoms with Crippen LogP contribution in [0.25, 0.3) is 0 Å². The van der Waals surface area contributed by atoms with E-state index in [2.05, 4.69) is 10.6 Å². The lowest BCUT2D eigenvalue weighted by atomic mass is 9.68. The monoisotopic (exact) mass is 380 g/mol. The van der Waals surface area contributed by atoms with Gasteiger partial charge in [0, 0.05) is 6.04 Å². The summed E-state index contributed by atoms with van der Waals surface area (Å²) < 4.78 is 0. The number of carboxylic acids is 1. The average Bonchev–Trinajstić information content (AvgIpc) is 3.08. The zero-order valence-electron chi connectivity index (χ0n) is 14.5. The molecule has 1 saturated heterocycles. The second-order valence-electron chi connectivity index (χ2n) is 7.66. The maximum absolute atomic E-state index is 12.0. The summed E-state index contributed by atoms with van der Waals surface area (Å²) >= 11 is 0. The Labute approximate surface area is 158 Å². The molecule has 0 aromatic rings. The van der Waals surface area contributed by atoms with Crippen LogP contribution >= 0.6 is 24.8 Å². The molecule has 0 radical (unpaired) electrons. The highest BCUT2D eigenvalue weighted by molar-refractivity contribution is 5.85. The number of hydrogen-bond donors (Lipinski definition) is 3. The molecule has 0 spiro atoms. The van der Waals surface area contributed by atoms with Crippen molar-refractivity contribution in [3.63, 3.8) is 0 Å². The third-order valence-electron chi connectivity index (χ3n) is 6.33. The summed E-state index contributed by atoms with van der Waals surface area (Å²) in [5.41, 5.74) is 0. The first-order valence-corrected chi connectivity index (χ1v) is 9.45. The van der Waals surface area contributed by atoms with Gasteiger partial charge in [-0.15, -0.1) is 24.8 Å². The van der Waals surface area contributed by atoms with Crippen molar-refractivity contribution in [1.29, 1.82) is 0 Å². The van der Waals surface area contributed by atoms with Gasteiger partial charge in [0.25, 0.3) is 0 Å². The third kappa shape index (κ3) is 5.48. The number of carboxylic acid groups (broad SMARTS) is 1. The van der Waals surface area contributed by atoms with E-state index in [1.807, 2.05) is 0 Å². The normalized spacial score (nSPS) is 30.2. The van der Waals surface area contributed by atoms with Gasteiger partial charge in [-0.25, -0.2) is 0 Å². The minimum atomic E-state index is -0.617. The molecule has 0 bridgehead atoms. The molecule has 3 aliphatic rings. The van der Waals surface area contributed by atoms with Gasteiger partial charge in [0.15, 0.2) is 0 Å². The van der Waals surface area contributed by atoms with Crippen molar-refractivity contribution in [3.05, 3.63) is 0 Å². The number of halogens is 2. The van der Waals surface area contributed by atoms with Gasteiger partial charge in [-0.3, -0.25) is 4.79 Å². The molecule has 142 valence electrons. The van der Waals surface area contributed by atoms with Gasteiger partial charge in [0.05, 0.1) is 0 Å². The van der Waals surface area contributed by atoms with Crippen molar-refractivity contribution in [2.45, 2.75) is 76.3 Å². The van der Waals surface area contributed by atoms with Crippen LogP contribution in [0.15, 0.2) is 0 Å². The molecule has 0 aromatic heterocycles. The molecule has 3 atom stereocenters. The quantitative estimate of drug-likeness (QED) is 0.681. The predicted octanol–water partition coefficient (Wildman–Crippen LogP) is 3.62. The topological polar surface area (TPSA) is 61.4 Å². The molecular formula is C18H34Cl2N2O2. The number of rotatable bonds is 5. The predicted molar refractivity (Wildman–Crippen MR) is 102 cm³/mol. The number of piperidine rings is 1. The molecule has 6 heteroatoms. The summed E-state index contributed by atoms with van der Waals surface area (Å²) in [5.74, 6) is 1.17. The molecular weight excluding hydrogens is 347 g/mol. The van der Waals surface area contributed by atoms with E-state index >= 15 is 0 Å². The number of hydrogen-bond acceptors (Lipinski definition) is 3. The maximum Gasteiger partial charge on any atom is 0.321 e. The minimum absolute atomic E-state index is 0. The van der Waals surface area contributed by atoms with Crippen molar-refractivity contribution < 1.29 is 9.90 Å². The molecule has 24 heavy (non-hydrogen) atoms. The standard InChI is InChI=1S/C18H32N2O2.2ClH/c21-18(22)17(20-14-9-11-19-12-10-14)16-8-4-3-7-15(16)13-5-1-2-6-13;;/h13-17,19-20H,1-12H2,(H,21,22);2*1H/t15?,16?,17-;;/m0../s1. The summed E-state index contributed by atoms with van der Waals surface area (Å²) in [6.45, 7) is 2.03. The number of aliphatic carboxylic acids is 1. The molecule has 4 nitrogen and oxygen atoms in total. The van der Waals surface area contributed by atoms with Crippen LogP contribution in [0.5, 0.6) is 0 Å². The van der Waals surface area contributed by atoms with E-state index in [1.165, 1.54) is 44.9 Å². The molecule has 3 N–H and O–H groups in total. The lowest BCUT2D eigenvalue weighted by Gasteiger charge is -2.40. The molecule has 2 saturated carbocycles. The van der Waals surface area contributed by atoms with E-state index in [9.17, 15) is 9.90 Å². The van der Waals surface area contributed by atoms with Gasteiger partial charge in [0.2, 0.25) is 0 Å². The van der Waals surface area contributed by atoms with Crippen LogP contribution in [0.1, 0.15) is 64.2 Å². The SMILES string of the molecule is Cl.Cl.O=C(O)[C@@H](NC1CCNCC1)C1CCCCC1C1CCCC1. The Hall–Kier alpha value is -0.0300. The zero-order valence-corrected chi connectivity index (χ0v) is 16.2. The average molecular weight is 381 g/mol. The zero-order chi connectivity index (χ0) is 15.4. The molecule has 1 heterocycles. The Kier molecular flexibility index (Phi) is 9.95. The Morgan fingerprint density at radius 3 is 2.12 bits per heavy atom. The van der Waals surface area contributed by atoms with Crippen LogP contribution in [-0.4, -0.2) is 36.2 Å². The van der Waals surface area contributed by atoms with Gasteiger partial charge in [-0.05, 0) is 56.5 Å². The Bertz CT molecular complexity index is 372. The first-order chi connectivity index (χ1) is 10.8. The Balaban J connectivity index is 0.00000144. The lowest BCUT2D eigenvalue weighted by Crippen LogP contribution is -2.53.